The first kappa shape index (κ1) is 16.0. The molecule has 0 spiro atoms. The first-order valence-electron chi connectivity index (χ1n) is 7.40. The molecule has 3 aromatic rings. The standard InChI is InChI=1S/C19H15ClN2O2/c1-12-10-15(20)7-9-17(12)22-19(24)18(23)21-16-8-6-13-4-2-3-5-14(13)11-16/h2-11H,1H3,(H,21,23)(H,22,24). The van der Waals surface area contributed by atoms with Crippen LogP contribution in [0.25, 0.3) is 10.8 Å². The van der Waals surface area contributed by atoms with Crippen molar-refractivity contribution in [2.45, 2.75) is 6.92 Å². The lowest BCUT2D eigenvalue weighted by atomic mass is 10.1. The lowest BCUT2D eigenvalue weighted by molar-refractivity contribution is -0.133. The summed E-state index contributed by atoms with van der Waals surface area (Å²) in [6.45, 7) is 1.81. The van der Waals surface area contributed by atoms with Gasteiger partial charge in [0.1, 0.15) is 0 Å². The maximum Gasteiger partial charge on any atom is 0.314 e. The van der Waals surface area contributed by atoms with Crippen molar-refractivity contribution in [3.8, 4) is 0 Å². The van der Waals surface area contributed by atoms with Gasteiger partial charge < -0.3 is 10.6 Å². The van der Waals surface area contributed by atoms with Crippen LogP contribution in [0.4, 0.5) is 11.4 Å². The SMILES string of the molecule is Cc1cc(Cl)ccc1NC(=O)C(=O)Nc1ccc2ccccc2c1. The molecule has 0 aliphatic rings. The highest BCUT2D eigenvalue weighted by atomic mass is 35.5. The molecule has 5 heteroatoms. The molecule has 0 fully saturated rings. The van der Waals surface area contributed by atoms with Crippen molar-refractivity contribution < 1.29 is 9.59 Å². The van der Waals surface area contributed by atoms with E-state index in [1.54, 1.807) is 24.3 Å². The van der Waals surface area contributed by atoms with Crippen LogP contribution in [-0.2, 0) is 9.59 Å². The van der Waals surface area contributed by atoms with Crippen LogP contribution in [0.3, 0.4) is 0 Å². The van der Waals surface area contributed by atoms with Crippen LogP contribution < -0.4 is 10.6 Å². The van der Waals surface area contributed by atoms with E-state index in [9.17, 15) is 9.59 Å². The fraction of sp³-hybridized carbons (Fsp3) is 0.0526. The van der Waals surface area contributed by atoms with E-state index in [4.69, 9.17) is 11.6 Å². The van der Waals surface area contributed by atoms with Crippen LogP contribution >= 0.6 is 11.6 Å². The molecule has 2 N–H and O–H groups in total. The number of benzene rings is 3. The minimum Gasteiger partial charge on any atom is -0.318 e. The van der Waals surface area contributed by atoms with Gasteiger partial charge in [-0.15, -0.1) is 0 Å². The second-order valence-corrected chi connectivity index (χ2v) is 5.87. The molecule has 0 aliphatic heterocycles. The Bertz CT molecular complexity index is 938. The van der Waals surface area contributed by atoms with Gasteiger partial charge in [0, 0.05) is 16.4 Å². The summed E-state index contributed by atoms with van der Waals surface area (Å²) in [5.74, 6) is -1.45. The Hall–Kier alpha value is -2.85. The van der Waals surface area contributed by atoms with Crippen LogP contribution in [0, 0.1) is 6.92 Å². The maximum absolute atomic E-state index is 12.1. The number of carbonyl (C=O) groups is 2. The Kier molecular flexibility index (Phi) is 4.49. The molecule has 2 amide bonds. The molecule has 0 saturated heterocycles. The van der Waals surface area contributed by atoms with Crippen molar-refractivity contribution in [3.63, 3.8) is 0 Å². The van der Waals surface area contributed by atoms with E-state index in [0.717, 1.165) is 16.3 Å². The average Bonchev–Trinajstić information content (AvgIpc) is 2.57. The molecule has 4 nitrogen and oxygen atoms in total. The molecule has 0 bridgehead atoms. The molecule has 0 unspecified atom stereocenters. The molecule has 3 rings (SSSR count). The smallest absolute Gasteiger partial charge is 0.314 e. The number of fused-ring (bicyclic) bond motifs is 1. The molecular formula is C19H15ClN2O2. The predicted molar refractivity (Wildman–Crippen MR) is 97.4 cm³/mol. The van der Waals surface area contributed by atoms with Gasteiger partial charge in [0.15, 0.2) is 0 Å². The first-order chi connectivity index (χ1) is 11.5. The summed E-state index contributed by atoms with van der Waals surface area (Å²) in [6, 6.07) is 18.3. The Balaban J connectivity index is 1.72. The molecule has 0 heterocycles. The monoisotopic (exact) mass is 338 g/mol. The molecule has 24 heavy (non-hydrogen) atoms. The molecule has 0 aromatic heterocycles. The van der Waals surface area contributed by atoms with E-state index < -0.39 is 11.8 Å². The number of amides is 2. The number of anilines is 2. The number of hydrogen-bond donors (Lipinski definition) is 2. The van der Waals surface area contributed by atoms with Gasteiger partial charge in [-0.2, -0.15) is 0 Å². The number of halogens is 1. The largest absolute Gasteiger partial charge is 0.318 e. The summed E-state index contributed by atoms with van der Waals surface area (Å²) in [7, 11) is 0. The zero-order valence-corrected chi connectivity index (χ0v) is 13.7. The van der Waals surface area contributed by atoms with Crippen molar-refractivity contribution in [2.75, 3.05) is 10.6 Å². The van der Waals surface area contributed by atoms with Gasteiger partial charge in [-0.1, -0.05) is 41.9 Å². The van der Waals surface area contributed by atoms with Crippen molar-refractivity contribution in [2.24, 2.45) is 0 Å². The molecule has 3 aromatic carbocycles. The van der Waals surface area contributed by atoms with Gasteiger partial charge in [0.25, 0.3) is 0 Å². The molecule has 0 saturated carbocycles. The van der Waals surface area contributed by atoms with E-state index in [-0.39, 0.29) is 0 Å². The van der Waals surface area contributed by atoms with Gasteiger partial charge >= 0.3 is 11.8 Å². The highest BCUT2D eigenvalue weighted by Crippen LogP contribution is 2.20. The van der Waals surface area contributed by atoms with Crippen LogP contribution in [0.5, 0.6) is 0 Å². The number of hydrogen-bond acceptors (Lipinski definition) is 2. The van der Waals surface area contributed by atoms with Crippen LogP contribution in [0.2, 0.25) is 5.02 Å². The second-order valence-electron chi connectivity index (χ2n) is 5.43. The van der Waals surface area contributed by atoms with Crippen LogP contribution in [0.15, 0.2) is 60.7 Å². The van der Waals surface area contributed by atoms with E-state index in [0.29, 0.717) is 16.4 Å². The van der Waals surface area contributed by atoms with Gasteiger partial charge in [0.2, 0.25) is 0 Å². The third-order valence-electron chi connectivity index (χ3n) is 3.65. The molecular weight excluding hydrogens is 324 g/mol. The van der Waals surface area contributed by atoms with Gasteiger partial charge in [0.05, 0.1) is 0 Å². The number of nitrogens with one attached hydrogen (secondary N) is 2. The lowest BCUT2D eigenvalue weighted by Crippen LogP contribution is -2.29. The second kappa shape index (κ2) is 6.72. The number of aryl methyl sites for hydroxylation is 1. The highest BCUT2D eigenvalue weighted by molar-refractivity contribution is 6.43. The number of rotatable bonds is 2. The fourth-order valence-corrected chi connectivity index (χ4v) is 2.63. The van der Waals surface area contributed by atoms with Crippen molar-refractivity contribution >= 4 is 45.6 Å². The van der Waals surface area contributed by atoms with Gasteiger partial charge in [-0.25, -0.2) is 0 Å². The average molecular weight is 339 g/mol. The fourth-order valence-electron chi connectivity index (χ4n) is 2.40. The van der Waals surface area contributed by atoms with Crippen molar-refractivity contribution in [1.82, 2.24) is 0 Å². The van der Waals surface area contributed by atoms with Gasteiger partial charge in [-0.3, -0.25) is 9.59 Å². The summed E-state index contributed by atoms with van der Waals surface area (Å²) in [5, 5.41) is 7.82. The minimum atomic E-state index is -0.728. The van der Waals surface area contributed by atoms with E-state index in [2.05, 4.69) is 10.6 Å². The Morgan fingerprint density at radius 2 is 1.54 bits per heavy atom. The molecule has 0 atom stereocenters. The topological polar surface area (TPSA) is 58.2 Å². The first-order valence-corrected chi connectivity index (χ1v) is 7.78. The zero-order chi connectivity index (χ0) is 17.1. The third-order valence-corrected chi connectivity index (χ3v) is 3.89. The Labute approximate surface area is 144 Å². The summed E-state index contributed by atoms with van der Waals surface area (Å²) < 4.78 is 0. The van der Waals surface area contributed by atoms with Crippen molar-refractivity contribution in [3.05, 3.63) is 71.2 Å². The quantitative estimate of drug-likeness (QED) is 0.681. The zero-order valence-electron chi connectivity index (χ0n) is 13.0. The summed E-state index contributed by atoms with van der Waals surface area (Å²) in [5.41, 5.74) is 1.91. The summed E-state index contributed by atoms with van der Waals surface area (Å²) in [4.78, 5) is 24.1. The maximum atomic E-state index is 12.1. The van der Waals surface area contributed by atoms with Crippen LogP contribution in [0.1, 0.15) is 5.56 Å². The minimum absolute atomic E-state index is 0.554. The van der Waals surface area contributed by atoms with Crippen molar-refractivity contribution in [1.29, 1.82) is 0 Å². The molecule has 120 valence electrons. The normalized spacial score (nSPS) is 10.4. The Morgan fingerprint density at radius 3 is 2.29 bits per heavy atom. The molecule has 0 aliphatic carbocycles. The Morgan fingerprint density at radius 1 is 0.833 bits per heavy atom. The van der Waals surface area contributed by atoms with E-state index >= 15 is 0 Å². The lowest BCUT2D eigenvalue weighted by Gasteiger charge is -2.09. The van der Waals surface area contributed by atoms with E-state index in [1.807, 2.05) is 43.3 Å². The third kappa shape index (κ3) is 3.55. The van der Waals surface area contributed by atoms with Crippen LogP contribution in [-0.4, -0.2) is 11.8 Å². The van der Waals surface area contributed by atoms with E-state index in [1.165, 1.54) is 0 Å². The number of carbonyl (C=O) groups excluding carboxylic acids is 2. The summed E-state index contributed by atoms with van der Waals surface area (Å²) >= 11 is 5.88. The highest BCUT2D eigenvalue weighted by Gasteiger charge is 2.15. The molecule has 0 radical (unpaired) electrons. The van der Waals surface area contributed by atoms with Gasteiger partial charge in [-0.05, 0) is 53.6 Å². The summed E-state index contributed by atoms with van der Waals surface area (Å²) in [6.07, 6.45) is 0. The predicted octanol–water partition coefficient (Wildman–Crippen LogP) is 4.38.